The van der Waals surface area contributed by atoms with Gasteiger partial charge in [-0.25, -0.2) is 4.79 Å². The maximum atomic E-state index is 13.1. The zero-order valence-electron chi connectivity index (χ0n) is 20.7. The molecule has 6 rings (SSSR count). The molecule has 2 aromatic rings. The number of nitrogens with zero attached hydrogens (tertiary/aromatic N) is 1. The molecule has 2 aromatic carbocycles. The van der Waals surface area contributed by atoms with Gasteiger partial charge in [0.25, 0.3) is 0 Å². The van der Waals surface area contributed by atoms with E-state index >= 15 is 0 Å². The Hall–Kier alpha value is -2.37. The van der Waals surface area contributed by atoms with E-state index in [1.54, 1.807) is 7.11 Å². The smallest absolute Gasteiger partial charge is 0.315 e. The molecule has 4 aliphatic rings. The third-order valence-electron chi connectivity index (χ3n) is 8.51. The molecular formula is C29H39N3O2. The summed E-state index contributed by atoms with van der Waals surface area (Å²) in [6, 6.07) is 17.6. The third-order valence-corrected chi connectivity index (χ3v) is 8.51. The third kappa shape index (κ3) is 4.73. The molecule has 0 spiro atoms. The highest BCUT2D eigenvalue weighted by atomic mass is 16.5. The highest BCUT2D eigenvalue weighted by Gasteiger charge is 2.49. The fourth-order valence-corrected chi connectivity index (χ4v) is 6.15. The summed E-state index contributed by atoms with van der Waals surface area (Å²) in [5, 5.41) is 6.80. The van der Waals surface area contributed by atoms with Gasteiger partial charge in [-0.15, -0.1) is 0 Å². The van der Waals surface area contributed by atoms with Crippen LogP contribution in [0.3, 0.4) is 0 Å². The van der Waals surface area contributed by atoms with Crippen molar-refractivity contribution in [3.63, 3.8) is 0 Å². The molecule has 1 aliphatic carbocycles. The van der Waals surface area contributed by atoms with Crippen molar-refractivity contribution in [1.29, 1.82) is 0 Å². The number of rotatable bonds is 9. The van der Waals surface area contributed by atoms with Gasteiger partial charge in [0.05, 0.1) is 11.1 Å². The number of carbonyl (C=O) groups excluding carboxylic acids is 1. The predicted molar refractivity (Wildman–Crippen MR) is 137 cm³/mol. The van der Waals surface area contributed by atoms with E-state index in [4.69, 9.17) is 4.74 Å². The highest BCUT2D eigenvalue weighted by molar-refractivity contribution is 5.77. The Balaban J connectivity index is 1.22. The molecule has 5 heteroatoms. The average Bonchev–Trinajstić information content (AvgIpc) is 3.65. The van der Waals surface area contributed by atoms with Crippen LogP contribution in [0.1, 0.15) is 56.6 Å². The van der Waals surface area contributed by atoms with Crippen LogP contribution in [-0.4, -0.2) is 49.8 Å². The monoisotopic (exact) mass is 461 g/mol. The minimum Gasteiger partial charge on any atom is -0.385 e. The summed E-state index contributed by atoms with van der Waals surface area (Å²) in [6.07, 6.45) is 7.50. The number of ether oxygens (including phenoxy) is 1. The number of hydrogen-bond acceptors (Lipinski definition) is 3. The summed E-state index contributed by atoms with van der Waals surface area (Å²) < 4.78 is 5.15. The van der Waals surface area contributed by atoms with E-state index < -0.39 is 0 Å². The summed E-state index contributed by atoms with van der Waals surface area (Å²) in [5.41, 5.74) is 4.71. The number of nitrogens with one attached hydrogen (secondary N) is 2. The summed E-state index contributed by atoms with van der Waals surface area (Å²) in [7, 11) is 1.75. The van der Waals surface area contributed by atoms with E-state index in [0.29, 0.717) is 5.92 Å². The zero-order chi connectivity index (χ0) is 23.6. The first-order valence-corrected chi connectivity index (χ1v) is 13.1. The Morgan fingerprint density at radius 3 is 2.18 bits per heavy atom. The lowest BCUT2D eigenvalue weighted by molar-refractivity contribution is 0.0101. The van der Waals surface area contributed by atoms with Crippen molar-refractivity contribution in [3.8, 4) is 11.1 Å². The molecule has 2 bridgehead atoms. The molecule has 1 saturated carbocycles. The van der Waals surface area contributed by atoms with Gasteiger partial charge >= 0.3 is 6.03 Å². The van der Waals surface area contributed by atoms with Crippen LogP contribution >= 0.6 is 0 Å². The van der Waals surface area contributed by atoms with Crippen LogP contribution in [0, 0.1) is 5.92 Å². The van der Waals surface area contributed by atoms with E-state index in [2.05, 4.69) is 71.0 Å². The number of methoxy groups -OCH3 is 1. The van der Waals surface area contributed by atoms with Gasteiger partial charge in [0.15, 0.2) is 0 Å². The highest BCUT2D eigenvalue weighted by Crippen LogP contribution is 2.46. The van der Waals surface area contributed by atoms with Gasteiger partial charge in [0.2, 0.25) is 0 Å². The van der Waals surface area contributed by atoms with Crippen LogP contribution in [0.5, 0.6) is 0 Å². The van der Waals surface area contributed by atoms with E-state index in [9.17, 15) is 4.79 Å². The molecule has 3 heterocycles. The molecule has 34 heavy (non-hydrogen) atoms. The lowest BCUT2D eigenvalue weighted by atomic mass is 9.71. The van der Waals surface area contributed by atoms with Crippen molar-refractivity contribution in [2.24, 2.45) is 5.92 Å². The minimum absolute atomic E-state index is 0.00115. The number of benzene rings is 2. The number of aryl methyl sites for hydroxylation is 1. The molecule has 2 amide bonds. The summed E-state index contributed by atoms with van der Waals surface area (Å²) in [4.78, 5) is 15.7. The number of carbonyl (C=O) groups is 1. The van der Waals surface area contributed by atoms with Gasteiger partial charge in [0.1, 0.15) is 0 Å². The van der Waals surface area contributed by atoms with Crippen molar-refractivity contribution in [1.82, 2.24) is 15.5 Å². The van der Waals surface area contributed by atoms with Gasteiger partial charge in [-0.05, 0) is 86.2 Å². The Labute approximate surface area is 204 Å². The summed E-state index contributed by atoms with van der Waals surface area (Å²) in [6.45, 7) is 6.38. The average molecular weight is 462 g/mol. The number of piperidine rings is 3. The SMILES string of the molecule is CCC1(NC(=O)NC2(c3ccc(-c4ccc(CCCOC)cc4)cc3)CC2)CN2CCC1CC2. The molecule has 1 unspecified atom stereocenters. The largest absolute Gasteiger partial charge is 0.385 e. The van der Waals surface area contributed by atoms with Crippen LogP contribution < -0.4 is 10.6 Å². The van der Waals surface area contributed by atoms with Crippen LogP contribution in [0.25, 0.3) is 11.1 Å². The molecule has 182 valence electrons. The second kappa shape index (κ2) is 9.71. The fourth-order valence-electron chi connectivity index (χ4n) is 6.15. The Bertz CT molecular complexity index is 975. The first-order chi connectivity index (χ1) is 16.6. The van der Waals surface area contributed by atoms with Crippen LogP contribution in [-0.2, 0) is 16.7 Å². The van der Waals surface area contributed by atoms with Gasteiger partial charge < -0.3 is 20.3 Å². The second-order valence-corrected chi connectivity index (χ2v) is 10.6. The first kappa shape index (κ1) is 23.4. The minimum atomic E-state index is -0.212. The quantitative estimate of drug-likeness (QED) is 0.511. The topological polar surface area (TPSA) is 53.6 Å². The summed E-state index contributed by atoms with van der Waals surface area (Å²) in [5.74, 6) is 0.606. The standard InChI is InChI=1S/C29H39N3O2/c1-3-28(21-32-18-14-26(28)15-19-32)30-27(33)31-29(16-17-29)25-12-10-24(11-13-25)23-8-6-22(7-9-23)5-4-20-34-2/h6-13,26H,3-5,14-21H2,1-2H3,(H2,30,31,33). The van der Waals surface area contributed by atoms with E-state index in [0.717, 1.165) is 45.3 Å². The number of urea groups is 1. The zero-order valence-corrected chi connectivity index (χ0v) is 20.7. The maximum Gasteiger partial charge on any atom is 0.315 e. The number of hydrogen-bond donors (Lipinski definition) is 2. The number of amides is 2. The molecular weight excluding hydrogens is 422 g/mol. The Morgan fingerprint density at radius 1 is 1.00 bits per heavy atom. The van der Waals surface area contributed by atoms with Crippen molar-refractivity contribution < 1.29 is 9.53 Å². The normalized spacial score (nSPS) is 26.8. The first-order valence-electron chi connectivity index (χ1n) is 13.1. The molecule has 3 aliphatic heterocycles. The molecule has 3 saturated heterocycles. The summed E-state index contributed by atoms with van der Waals surface area (Å²) >= 11 is 0. The molecule has 4 fully saturated rings. The van der Waals surface area contributed by atoms with Gasteiger partial charge in [0, 0.05) is 20.3 Å². The van der Waals surface area contributed by atoms with Gasteiger partial charge in [-0.1, -0.05) is 55.5 Å². The van der Waals surface area contributed by atoms with Crippen molar-refractivity contribution >= 4 is 6.03 Å². The maximum absolute atomic E-state index is 13.1. The lowest BCUT2D eigenvalue weighted by Gasteiger charge is -2.53. The molecule has 1 atom stereocenters. The van der Waals surface area contributed by atoms with Crippen LogP contribution in [0.15, 0.2) is 48.5 Å². The van der Waals surface area contributed by atoms with E-state index in [1.165, 1.54) is 48.2 Å². The van der Waals surface area contributed by atoms with Crippen molar-refractivity contribution in [2.45, 2.75) is 62.9 Å². The van der Waals surface area contributed by atoms with Crippen LogP contribution in [0.4, 0.5) is 4.79 Å². The fraction of sp³-hybridized carbons (Fsp3) is 0.552. The van der Waals surface area contributed by atoms with E-state index in [1.807, 2.05) is 0 Å². The number of fused-ring (bicyclic) bond motifs is 3. The molecule has 2 N–H and O–H groups in total. The molecule has 5 nitrogen and oxygen atoms in total. The lowest BCUT2D eigenvalue weighted by Crippen LogP contribution is -2.68. The predicted octanol–water partition coefficient (Wildman–Crippen LogP) is 5.10. The van der Waals surface area contributed by atoms with Crippen LogP contribution in [0.2, 0.25) is 0 Å². The molecule has 0 aromatic heterocycles. The van der Waals surface area contributed by atoms with Gasteiger partial charge in [-0.3, -0.25) is 0 Å². The Morgan fingerprint density at radius 2 is 1.65 bits per heavy atom. The molecule has 0 radical (unpaired) electrons. The van der Waals surface area contributed by atoms with Crippen molar-refractivity contribution in [3.05, 3.63) is 59.7 Å². The Kier molecular flexibility index (Phi) is 6.67. The van der Waals surface area contributed by atoms with E-state index in [-0.39, 0.29) is 17.1 Å². The van der Waals surface area contributed by atoms with Gasteiger partial charge in [-0.2, -0.15) is 0 Å². The second-order valence-electron chi connectivity index (χ2n) is 10.6. The van der Waals surface area contributed by atoms with Crippen molar-refractivity contribution in [2.75, 3.05) is 33.4 Å².